The van der Waals surface area contributed by atoms with Crippen LogP contribution in [0.4, 0.5) is 0 Å². The predicted octanol–water partition coefficient (Wildman–Crippen LogP) is 1.99. The first-order chi connectivity index (χ1) is 5.64. The topological polar surface area (TPSA) is 34.1 Å². The first-order valence-corrected chi connectivity index (χ1v) is 6.79. The molecule has 0 N–H and O–H groups in total. The zero-order chi connectivity index (χ0) is 9.03. The molecule has 2 nitrogen and oxygen atoms in total. The minimum atomic E-state index is -2.89. The van der Waals surface area contributed by atoms with E-state index in [1.807, 2.05) is 52.9 Å². The minimum absolute atomic E-state index is 0.150. The predicted molar refractivity (Wildman–Crippen MR) is 58.0 cm³/mol. The number of sulfone groups is 1. The van der Waals surface area contributed by atoms with Crippen LogP contribution in [0, 0.1) is 0 Å². The Bertz CT molecular complexity index is 331. The molecule has 0 saturated heterocycles. The highest BCUT2D eigenvalue weighted by Crippen LogP contribution is 2.07. The van der Waals surface area contributed by atoms with Gasteiger partial charge >= 0.3 is 0 Å². The molecule has 0 saturated carbocycles. The number of hydrogen-bond donors (Lipinski definition) is 0. The molecule has 0 amide bonds. The van der Waals surface area contributed by atoms with Crippen molar-refractivity contribution < 1.29 is 8.42 Å². The third kappa shape index (κ3) is 3.10. The van der Waals surface area contributed by atoms with E-state index in [0.29, 0.717) is 0 Å². The van der Waals surface area contributed by atoms with Crippen molar-refractivity contribution in [2.75, 3.05) is 3.76 Å². The largest absolute Gasteiger partial charge is 0.228 e. The van der Waals surface area contributed by atoms with Gasteiger partial charge in [-0.15, -0.1) is 0 Å². The van der Waals surface area contributed by atoms with Crippen molar-refractivity contribution in [3.8, 4) is 0 Å². The van der Waals surface area contributed by atoms with E-state index in [1.54, 1.807) is 0 Å². The van der Waals surface area contributed by atoms with Crippen LogP contribution in [0.15, 0.2) is 30.3 Å². The second-order valence-electron chi connectivity index (χ2n) is 2.48. The molecule has 1 aromatic carbocycles. The highest BCUT2D eigenvalue weighted by atomic mass is 127. The van der Waals surface area contributed by atoms with E-state index >= 15 is 0 Å². The van der Waals surface area contributed by atoms with E-state index in [9.17, 15) is 8.42 Å². The Morgan fingerprint density at radius 2 is 1.75 bits per heavy atom. The maximum absolute atomic E-state index is 11.2. The van der Waals surface area contributed by atoms with Gasteiger partial charge in [0.15, 0.2) is 9.84 Å². The minimum Gasteiger partial charge on any atom is -0.228 e. The van der Waals surface area contributed by atoms with Crippen molar-refractivity contribution in [2.24, 2.45) is 0 Å². The molecule has 0 bridgehead atoms. The van der Waals surface area contributed by atoms with Crippen molar-refractivity contribution in [2.45, 2.75) is 5.75 Å². The van der Waals surface area contributed by atoms with E-state index in [2.05, 4.69) is 0 Å². The summed E-state index contributed by atoms with van der Waals surface area (Å²) in [6.07, 6.45) is 0. The highest BCUT2D eigenvalue weighted by molar-refractivity contribution is 14.1. The summed E-state index contributed by atoms with van der Waals surface area (Å²) in [4.78, 5) is 0. The molecule has 12 heavy (non-hydrogen) atoms. The average Bonchev–Trinajstić information content (AvgIpc) is 2.06. The normalized spacial score (nSPS) is 11.4. The second kappa shape index (κ2) is 4.23. The van der Waals surface area contributed by atoms with Gasteiger partial charge in [-0.25, -0.2) is 8.42 Å². The smallest absolute Gasteiger partial charge is 0.163 e. The lowest BCUT2D eigenvalue weighted by Crippen LogP contribution is -2.04. The fraction of sp³-hybridized carbons (Fsp3) is 0.250. The van der Waals surface area contributed by atoms with Gasteiger partial charge in [-0.05, 0) is 5.56 Å². The van der Waals surface area contributed by atoms with Crippen LogP contribution >= 0.6 is 22.6 Å². The molecule has 0 spiro atoms. The zero-order valence-corrected chi connectivity index (χ0v) is 9.38. The maximum atomic E-state index is 11.2. The molecule has 0 atom stereocenters. The number of benzene rings is 1. The third-order valence-electron chi connectivity index (χ3n) is 1.40. The fourth-order valence-corrected chi connectivity index (χ4v) is 2.30. The van der Waals surface area contributed by atoms with Crippen molar-refractivity contribution >= 4 is 32.4 Å². The van der Waals surface area contributed by atoms with Crippen LogP contribution < -0.4 is 0 Å². The van der Waals surface area contributed by atoms with Gasteiger partial charge in [-0.1, -0.05) is 52.9 Å². The molecule has 1 aromatic rings. The van der Waals surface area contributed by atoms with Crippen LogP contribution in [-0.2, 0) is 15.6 Å². The van der Waals surface area contributed by atoms with Crippen molar-refractivity contribution in [1.82, 2.24) is 0 Å². The zero-order valence-electron chi connectivity index (χ0n) is 6.40. The molecule has 66 valence electrons. The summed E-state index contributed by atoms with van der Waals surface area (Å²) < 4.78 is 22.5. The second-order valence-corrected chi connectivity index (χ2v) is 6.35. The first kappa shape index (κ1) is 9.98. The van der Waals surface area contributed by atoms with Crippen molar-refractivity contribution in [3.63, 3.8) is 0 Å². The van der Waals surface area contributed by atoms with E-state index in [4.69, 9.17) is 0 Å². The third-order valence-corrected chi connectivity index (χ3v) is 5.35. The molecule has 0 unspecified atom stereocenters. The molecule has 0 aliphatic carbocycles. The molecular weight excluding hydrogens is 287 g/mol. The van der Waals surface area contributed by atoms with Crippen LogP contribution in [0.25, 0.3) is 0 Å². The number of rotatable bonds is 3. The van der Waals surface area contributed by atoms with Gasteiger partial charge in [0.1, 0.15) is 3.76 Å². The maximum Gasteiger partial charge on any atom is 0.163 e. The van der Waals surface area contributed by atoms with Crippen LogP contribution in [0.2, 0.25) is 0 Å². The summed E-state index contributed by atoms with van der Waals surface area (Å²) in [7, 11) is -2.89. The van der Waals surface area contributed by atoms with Gasteiger partial charge in [-0.3, -0.25) is 0 Å². The first-order valence-electron chi connectivity index (χ1n) is 3.44. The SMILES string of the molecule is O=S(=O)(CI)Cc1ccccc1. The van der Waals surface area contributed by atoms with E-state index in [-0.39, 0.29) is 9.51 Å². The Morgan fingerprint density at radius 1 is 1.17 bits per heavy atom. The van der Waals surface area contributed by atoms with Crippen molar-refractivity contribution in [1.29, 1.82) is 0 Å². The van der Waals surface area contributed by atoms with E-state index in [0.717, 1.165) is 5.56 Å². The lowest BCUT2D eigenvalue weighted by Gasteiger charge is -1.99. The standard InChI is InChI=1S/C8H9IO2S/c9-7-12(10,11)6-8-4-2-1-3-5-8/h1-5H,6-7H2. The van der Waals surface area contributed by atoms with Crippen molar-refractivity contribution in [3.05, 3.63) is 35.9 Å². The van der Waals surface area contributed by atoms with E-state index < -0.39 is 9.84 Å². The fourth-order valence-electron chi connectivity index (χ4n) is 0.867. The monoisotopic (exact) mass is 296 g/mol. The Morgan fingerprint density at radius 3 is 2.25 bits per heavy atom. The van der Waals surface area contributed by atoms with Crippen LogP contribution in [-0.4, -0.2) is 12.2 Å². The molecular formula is C8H9IO2S. The highest BCUT2D eigenvalue weighted by Gasteiger charge is 2.08. The molecule has 0 aliphatic heterocycles. The molecule has 0 radical (unpaired) electrons. The lowest BCUT2D eigenvalue weighted by molar-refractivity contribution is 0.600. The van der Waals surface area contributed by atoms with Crippen LogP contribution in [0.3, 0.4) is 0 Å². The Hall–Kier alpha value is -0.100. The van der Waals surface area contributed by atoms with Gasteiger partial charge in [0.25, 0.3) is 0 Å². The molecule has 0 heterocycles. The summed E-state index contributed by atoms with van der Waals surface area (Å²) in [6.45, 7) is 0. The quantitative estimate of drug-likeness (QED) is 0.631. The number of alkyl halides is 1. The molecule has 0 aliphatic rings. The van der Waals surface area contributed by atoms with E-state index in [1.165, 1.54) is 0 Å². The molecule has 0 aromatic heterocycles. The number of halogens is 1. The van der Waals surface area contributed by atoms with Gasteiger partial charge in [0.2, 0.25) is 0 Å². The van der Waals surface area contributed by atoms with Crippen LogP contribution in [0.1, 0.15) is 5.56 Å². The van der Waals surface area contributed by atoms with Crippen LogP contribution in [0.5, 0.6) is 0 Å². The summed E-state index contributed by atoms with van der Waals surface area (Å²) in [5.74, 6) is 0.150. The van der Waals surface area contributed by atoms with Gasteiger partial charge < -0.3 is 0 Å². The molecule has 0 fully saturated rings. The van der Waals surface area contributed by atoms with Gasteiger partial charge in [0.05, 0.1) is 5.75 Å². The molecule has 4 heteroatoms. The lowest BCUT2D eigenvalue weighted by atomic mass is 10.2. The summed E-state index contributed by atoms with van der Waals surface area (Å²) in [5, 5.41) is 0. The van der Waals surface area contributed by atoms with Gasteiger partial charge in [0, 0.05) is 0 Å². The Kier molecular flexibility index (Phi) is 3.52. The summed E-state index contributed by atoms with van der Waals surface area (Å²) >= 11 is 1.87. The van der Waals surface area contributed by atoms with Gasteiger partial charge in [-0.2, -0.15) is 0 Å². The molecule has 1 rings (SSSR count). The number of hydrogen-bond acceptors (Lipinski definition) is 2. The summed E-state index contributed by atoms with van der Waals surface area (Å²) in [5.41, 5.74) is 0.856. The summed E-state index contributed by atoms with van der Waals surface area (Å²) in [6, 6.07) is 9.21. The average molecular weight is 296 g/mol. The Labute approximate surface area is 86.0 Å². The Balaban J connectivity index is 2.78.